The van der Waals surface area contributed by atoms with Gasteiger partial charge in [0.1, 0.15) is 11.6 Å². The second-order valence-corrected chi connectivity index (χ2v) is 10.3. The Bertz CT molecular complexity index is 1730. The van der Waals surface area contributed by atoms with Crippen molar-refractivity contribution in [3.05, 3.63) is 128 Å². The van der Waals surface area contributed by atoms with Gasteiger partial charge in [-0.1, -0.05) is 48.3 Å². The summed E-state index contributed by atoms with van der Waals surface area (Å²) in [5, 5.41) is 1.17. The fraction of sp³-hybridized carbons (Fsp3) is 0.194. The summed E-state index contributed by atoms with van der Waals surface area (Å²) in [6, 6.07) is 20.9. The molecule has 2 aromatic heterocycles. The quantitative estimate of drug-likeness (QED) is 0.205. The van der Waals surface area contributed by atoms with E-state index in [1.165, 1.54) is 0 Å². The molecule has 0 aliphatic rings. The van der Waals surface area contributed by atoms with Crippen LogP contribution in [0.25, 0.3) is 16.6 Å². The van der Waals surface area contributed by atoms with Crippen LogP contribution in [0.4, 0.5) is 0 Å². The van der Waals surface area contributed by atoms with E-state index in [2.05, 4.69) is 0 Å². The van der Waals surface area contributed by atoms with Crippen LogP contribution in [0, 0.1) is 13.8 Å². The standard InChI is InChI=1S/C31H27Cl2N3O3/c1-4-28(35(18-23-8-7-15-39-23)30(37)24-14-12-21(32)17-26(24)33)29-34-27-10-6-5-9-25(27)31(38)36(29)22-13-11-19(2)20(3)16-22/h5-17,28H,4,18H2,1-3H3. The number of carbonyl (C=O) groups is 1. The topological polar surface area (TPSA) is 68.3 Å². The molecule has 3 aromatic carbocycles. The van der Waals surface area contributed by atoms with Crippen LogP contribution in [0.3, 0.4) is 0 Å². The van der Waals surface area contributed by atoms with Crippen LogP contribution in [0.1, 0.15) is 52.5 Å². The highest BCUT2D eigenvalue weighted by Gasteiger charge is 2.31. The van der Waals surface area contributed by atoms with Gasteiger partial charge in [0.25, 0.3) is 11.5 Å². The van der Waals surface area contributed by atoms with Gasteiger partial charge in [0.05, 0.1) is 46.0 Å². The highest BCUT2D eigenvalue weighted by atomic mass is 35.5. The second kappa shape index (κ2) is 11.1. The van der Waals surface area contributed by atoms with Crippen molar-refractivity contribution >= 4 is 40.0 Å². The number of para-hydroxylation sites is 1. The fourth-order valence-electron chi connectivity index (χ4n) is 4.74. The van der Waals surface area contributed by atoms with Crippen LogP contribution < -0.4 is 5.56 Å². The number of amides is 1. The molecule has 0 N–H and O–H groups in total. The predicted molar refractivity (Wildman–Crippen MR) is 155 cm³/mol. The van der Waals surface area contributed by atoms with Crippen molar-refractivity contribution in [1.82, 2.24) is 14.5 Å². The zero-order valence-corrected chi connectivity index (χ0v) is 23.3. The lowest BCUT2D eigenvalue weighted by Gasteiger charge is -2.32. The second-order valence-electron chi connectivity index (χ2n) is 9.46. The molecule has 0 spiro atoms. The highest BCUT2D eigenvalue weighted by molar-refractivity contribution is 6.36. The van der Waals surface area contributed by atoms with E-state index in [9.17, 15) is 9.59 Å². The lowest BCUT2D eigenvalue weighted by atomic mass is 10.1. The van der Waals surface area contributed by atoms with Gasteiger partial charge in [-0.3, -0.25) is 14.2 Å². The van der Waals surface area contributed by atoms with Gasteiger partial charge in [-0.2, -0.15) is 0 Å². The van der Waals surface area contributed by atoms with E-state index in [1.54, 1.807) is 52.1 Å². The lowest BCUT2D eigenvalue weighted by molar-refractivity contribution is 0.0624. The van der Waals surface area contributed by atoms with E-state index < -0.39 is 6.04 Å². The molecule has 0 aliphatic carbocycles. The molecule has 2 heterocycles. The monoisotopic (exact) mass is 559 g/mol. The number of aromatic nitrogens is 2. The molecular formula is C31H27Cl2N3O3. The molecule has 0 aliphatic heterocycles. The van der Waals surface area contributed by atoms with Gasteiger partial charge >= 0.3 is 0 Å². The highest BCUT2D eigenvalue weighted by Crippen LogP contribution is 2.31. The summed E-state index contributed by atoms with van der Waals surface area (Å²) in [5.41, 5.74) is 3.50. The average molecular weight is 560 g/mol. The molecular weight excluding hydrogens is 533 g/mol. The van der Waals surface area contributed by atoms with E-state index in [0.29, 0.717) is 45.2 Å². The molecule has 198 valence electrons. The molecule has 1 amide bonds. The third kappa shape index (κ3) is 5.22. The van der Waals surface area contributed by atoms with Gasteiger partial charge in [0.2, 0.25) is 0 Å². The van der Waals surface area contributed by atoms with Crippen molar-refractivity contribution in [2.45, 2.75) is 39.8 Å². The van der Waals surface area contributed by atoms with E-state index in [4.69, 9.17) is 32.6 Å². The van der Waals surface area contributed by atoms with E-state index in [-0.39, 0.29) is 23.0 Å². The molecule has 8 heteroatoms. The minimum absolute atomic E-state index is 0.152. The number of hydrogen-bond donors (Lipinski definition) is 0. The molecule has 39 heavy (non-hydrogen) atoms. The maximum atomic E-state index is 14.1. The predicted octanol–water partition coefficient (Wildman–Crippen LogP) is 7.70. The fourth-order valence-corrected chi connectivity index (χ4v) is 5.23. The molecule has 1 unspecified atom stereocenters. The molecule has 6 nitrogen and oxygen atoms in total. The number of nitrogens with zero attached hydrogens (tertiary/aromatic N) is 3. The largest absolute Gasteiger partial charge is 0.467 e. The summed E-state index contributed by atoms with van der Waals surface area (Å²) in [7, 11) is 0. The zero-order chi connectivity index (χ0) is 27.7. The Balaban J connectivity index is 1.75. The molecule has 0 radical (unpaired) electrons. The number of furan rings is 1. The van der Waals surface area contributed by atoms with E-state index in [0.717, 1.165) is 11.1 Å². The third-order valence-electron chi connectivity index (χ3n) is 6.94. The van der Waals surface area contributed by atoms with Crippen molar-refractivity contribution in [2.75, 3.05) is 0 Å². The SMILES string of the molecule is CCC(c1nc2ccccc2c(=O)n1-c1ccc(C)c(C)c1)N(Cc1ccco1)C(=O)c1ccc(Cl)cc1Cl. The number of carbonyl (C=O) groups excluding carboxylic acids is 1. The van der Waals surface area contributed by atoms with Gasteiger partial charge in [0, 0.05) is 5.02 Å². The normalized spacial score (nSPS) is 12.0. The number of aryl methyl sites for hydroxylation is 2. The zero-order valence-electron chi connectivity index (χ0n) is 21.8. The number of hydrogen-bond acceptors (Lipinski definition) is 4. The third-order valence-corrected chi connectivity index (χ3v) is 7.49. The van der Waals surface area contributed by atoms with Crippen LogP contribution in [0.5, 0.6) is 0 Å². The summed E-state index contributed by atoms with van der Waals surface area (Å²) in [5.74, 6) is 0.719. The summed E-state index contributed by atoms with van der Waals surface area (Å²) < 4.78 is 7.25. The first-order valence-electron chi connectivity index (χ1n) is 12.7. The Morgan fingerprint density at radius 2 is 1.79 bits per heavy atom. The van der Waals surface area contributed by atoms with Gasteiger partial charge < -0.3 is 9.32 Å². The summed E-state index contributed by atoms with van der Waals surface area (Å²) in [4.78, 5) is 34.8. The van der Waals surface area contributed by atoms with Crippen molar-refractivity contribution in [2.24, 2.45) is 0 Å². The van der Waals surface area contributed by atoms with E-state index >= 15 is 0 Å². The Kier molecular flexibility index (Phi) is 7.60. The van der Waals surface area contributed by atoms with Crippen molar-refractivity contribution in [1.29, 1.82) is 0 Å². The Labute approximate surface area is 236 Å². The first-order chi connectivity index (χ1) is 18.8. The Morgan fingerprint density at radius 3 is 2.49 bits per heavy atom. The number of halogens is 2. The van der Waals surface area contributed by atoms with Crippen molar-refractivity contribution in [3.8, 4) is 5.69 Å². The molecule has 5 rings (SSSR count). The van der Waals surface area contributed by atoms with Gasteiger partial charge in [-0.25, -0.2) is 4.98 Å². The summed E-state index contributed by atoms with van der Waals surface area (Å²) in [6.07, 6.45) is 2.04. The first-order valence-corrected chi connectivity index (χ1v) is 13.4. The number of rotatable bonds is 7. The Hall–Kier alpha value is -3.87. The number of benzene rings is 3. The maximum Gasteiger partial charge on any atom is 0.266 e. The van der Waals surface area contributed by atoms with Crippen LogP contribution in [0.2, 0.25) is 10.0 Å². The molecule has 1 atom stereocenters. The van der Waals surface area contributed by atoms with Gasteiger partial charge in [0.15, 0.2) is 0 Å². The molecule has 0 fully saturated rings. The smallest absolute Gasteiger partial charge is 0.266 e. The summed E-state index contributed by atoms with van der Waals surface area (Å²) >= 11 is 12.6. The lowest BCUT2D eigenvalue weighted by Crippen LogP contribution is -2.38. The summed E-state index contributed by atoms with van der Waals surface area (Å²) in [6.45, 7) is 6.14. The van der Waals surface area contributed by atoms with Gasteiger partial charge in [-0.15, -0.1) is 0 Å². The van der Waals surface area contributed by atoms with Crippen LogP contribution in [-0.4, -0.2) is 20.4 Å². The minimum atomic E-state index is -0.590. The molecule has 0 saturated carbocycles. The molecule has 0 saturated heterocycles. The number of fused-ring (bicyclic) bond motifs is 1. The van der Waals surface area contributed by atoms with Crippen LogP contribution >= 0.6 is 23.2 Å². The van der Waals surface area contributed by atoms with Crippen molar-refractivity contribution in [3.63, 3.8) is 0 Å². The van der Waals surface area contributed by atoms with Crippen molar-refractivity contribution < 1.29 is 9.21 Å². The molecule has 0 bridgehead atoms. The molecule has 5 aromatic rings. The van der Waals surface area contributed by atoms with Crippen LogP contribution in [0.15, 0.2) is 88.3 Å². The maximum absolute atomic E-state index is 14.1. The first kappa shape index (κ1) is 26.7. The minimum Gasteiger partial charge on any atom is -0.467 e. The average Bonchev–Trinajstić information content (AvgIpc) is 3.43. The van der Waals surface area contributed by atoms with Gasteiger partial charge in [-0.05, 0) is 86.0 Å². The van der Waals surface area contributed by atoms with Crippen LogP contribution in [-0.2, 0) is 6.54 Å². The van der Waals surface area contributed by atoms with E-state index in [1.807, 2.05) is 57.2 Å². The Morgan fingerprint density at radius 1 is 1.00 bits per heavy atom.